The molecule has 0 saturated heterocycles. The molecule has 0 fully saturated rings. The van der Waals surface area contributed by atoms with E-state index in [1.54, 1.807) is 32.9 Å². The summed E-state index contributed by atoms with van der Waals surface area (Å²) in [5.41, 5.74) is 10.9. The zero-order chi connectivity index (χ0) is 55.1. The summed E-state index contributed by atoms with van der Waals surface area (Å²) in [7, 11) is 0. The van der Waals surface area contributed by atoms with Crippen LogP contribution in [0.25, 0.3) is 0 Å². The Hall–Kier alpha value is -5.10. The lowest BCUT2D eigenvalue weighted by Crippen LogP contribution is -2.19. The second kappa shape index (κ2) is 26.0. The highest BCUT2D eigenvalue weighted by Gasteiger charge is 2.35. The van der Waals surface area contributed by atoms with Crippen molar-refractivity contribution in [2.75, 3.05) is 0 Å². The number of hydrogen-bond donors (Lipinski definition) is 0. The molecular formula is C65H88F6. The zero-order valence-electron chi connectivity index (χ0n) is 47.5. The summed E-state index contributed by atoms with van der Waals surface area (Å²) in [6, 6.07) is 40.3. The van der Waals surface area contributed by atoms with Gasteiger partial charge in [-0.2, -0.15) is 13.2 Å². The van der Waals surface area contributed by atoms with Crippen LogP contribution in [0.5, 0.6) is 0 Å². The van der Waals surface area contributed by atoms with Gasteiger partial charge in [-0.25, -0.2) is 13.2 Å². The lowest BCUT2D eigenvalue weighted by atomic mass is 9.81. The summed E-state index contributed by atoms with van der Waals surface area (Å²) in [6.45, 7) is 45.8. The maximum atomic E-state index is 13.3. The highest BCUT2D eigenvalue weighted by Crippen LogP contribution is 2.37. The summed E-state index contributed by atoms with van der Waals surface area (Å²) < 4.78 is 76.4. The van der Waals surface area contributed by atoms with Crippen LogP contribution in [-0.2, 0) is 38.7 Å². The smallest absolute Gasteiger partial charge is 0.207 e. The summed E-state index contributed by atoms with van der Waals surface area (Å²) in [5, 5.41) is 0. The molecule has 0 amide bonds. The third kappa shape index (κ3) is 23.3. The molecule has 0 saturated carbocycles. The van der Waals surface area contributed by atoms with Crippen molar-refractivity contribution in [2.45, 2.75) is 191 Å². The zero-order valence-corrected chi connectivity index (χ0v) is 47.5. The Labute approximate surface area is 427 Å². The van der Waals surface area contributed by atoms with E-state index in [-0.39, 0.29) is 27.5 Å². The van der Waals surface area contributed by atoms with Crippen molar-refractivity contribution in [2.24, 2.45) is 0 Å². The van der Waals surface area contributed by atoms with Crippen LogP contribution in [0.4, 0.5) is 26.3 Å². The normalized spacial score (nSPS) is 11.9. The lowest BCUT2D eigenvalue weighted by Gasteiger charge is -2.23. The van der Waals surface area contributed by atoms with Crippen LogP contribution in [0.3, 0.4) is 0 Å². The van der Waals surface area contributed by atoms with Gasteiger partial charge in [0.2, 0.25) is 0 Å². The summed E-state index contributed by atoms with van der Waals surface area (Å²) in [6.07, 6.45) is -4.26. The third-order valence-corrected chi connectivity index (χ3v) is 11.5. The molecule has 0 atom stereocenters. The van der Waals surface area contributed by atoms with E-state index in [2.05, 4.69) is 156 Å². The fraction of sp³-hybridized carbons (Fsp3) is 0.446. The van der Waals surface area contributed by atoms with E-state index >= 15 is 0 Å². The van der Waals surface area contributed by atoms with E-state index in [1.165, 1.54) is 63.7 Å². The second-order valence-corrected chi connectivity index (χ2v) is 24.7. The Bertz CT molecular complexity index is 2450. The molecule has 0 bridgehead atoms. The first-order chi connectivity index (χ1) is 32.1. The number of halogens is 6. The number of alkyl halides is 3. The van der Waals surface area contributed by atoms with Crippen LogP contribution in [0.1, 0.15) is 186 Å². The quantitative estimate of drug-likeness (QED) is 0.133. The first-order valence-corrected chi connectivity index (χ1v) is 24.7. The standard InChI is InChI=1S/C12H18.C11H13F3.C11H15F.C11H16.C10H12F2.C10H14/c1-9-7-6-8-10(2)11(9)12(3,4)5;1-10(2,3)8-6-4-5-7-9(8)11(12,13)14;1-8-5-6-10(12)9(7-8)11(2,3)4;1-9-6-5-7-10(8-9)11(2,3)4;1-10(2,3)7-4-8(11)6-9(12)5-7;1-10(2,3)9-7-5-4-6-8-9/h6-8H,1-5H3;4-7H,1-3H3;5-7H,1-4H3;5-8H,1-4H3;4-6H,1-3H3;4-8H,1-3H3. The van der Waals surface area contributed by atoms with Gasteiger partial charge in [-0.3, -0.25) is 0 Å². The molecule has 6 heteroatoms. The fourth-order valence-corrected chi connectivity index (χ4v) is 7.63. The van der Waals surface area contributed by atoms with Crippen molar-refractivity contribution in [1.29, 1.82) is 0 Å². The van der Waals surface area contributed by atoms with Gasteiger partial charge < -0.3 is 0 Å². The molecule has 0 nitrogen and oxygen atoms in total. The minimum Gasteiger partial charge on any atom is -0.207 e. The summed E-state index contributed by atoms with van der Waals surface area (Å²) in [4.78, 5) is 0. The van der Waals surface area contributed by atoms with Gasteiger partial charge in [0.05, 0.1) is 5.56 Å². The predicted octanol–water partition coefficient (Wildman–Crippen LogP) is 20.6. The molecule has 6 aromatic rings. The SMILES string of the molecule is CC(C)(C)c1cc(F)cc(F)c1.CC(C)(C)c1ccccc1.CC(C)(C)c1ccccc1C(F)(F)F.Cc1ccc(F)c(C(C)(C)C)c1.Cc1cccc(C(C)(C)C)c1.Cc1cccc(C)c1C(C)(C)C. The van der Waals surface area contributed by atoms with Gasteiger partial charge in [0.1, 0.15) is 17.5 Å². The van der Waals surface area contributed by atoms with E-state index in [0.717, 1.165) is 23.3 Å². The Balaban J connectivity index is 0.000000427. The van der Waals surface area contributed by atoms with Crippen LogP contribution in [0, 0.1) is 45.1 Å². The molecule has 0 aromatic heterocycles. The van der Waals surface area contributed by atoms with Crippen molar-refractivity contribution in [1.82, 2.24) is 0 Å². The van der Waals surface area contributed by atoms with Gasteiger partial charge in [0.25, 0.3) is 0 Å². The molecule has 0 spiro atoms. The van der Waals surface area contributed by atoms with Crippen molar-refractivity contribution in [3.8, 4) is 0 Å². The Morgan fingerprint density at radius 3 is 1.01 bits per heavy atom. The largest absolute Gasteiger partial charge is 0.416 e. The molecule has 71 heavy (non-hydrogen) atoms. The van der Waals surface area contributed by atoms with Gasteiger partial charge in [0.15, 0.2) is 0 Å². The molecular weight excluding hydrogens is 895 g/mol. The van der Waals surface area contributed by atoms with E-state index < -0.39 is 28.8 Å². The predicted molar refractivity (Wildman–Crippen MR) is 295 cm³/mol. The monoisotopic (exact) mass is 983 g/mol. The van der Waals surface area contributed by atoms with E-state index in [9.17, 15) is 26.3 Å². The first-order valence-electron chi connectivity index (χ1n) is 24.7. The highest BCUT2D eigenvalue weighted by atomic mass is 19.4. The van der Waals surface area contributed by atoms with Crippen LogP contribution in [0.15, 0.2) is 133 Å². The number of hydrogen-bond acceptors (Lipinski definition) is 0. The topological polar surface area (TPSA) is 0 Å². The highest BCUT2D eigenvalue weighted by molar-refractivity contribution is 5.39. The van der Waals surface area contributed by atoms with Gasteiger partial charge >= 0.3 is 6.18 Å². The van der Waals surface area contributed by atoms with E-state index in [1.807, 2.05) is 54.5 Å². The molecule has 0 heterocycles. The van der Waals surface area contributed by atoms with Crippen molar-refractivity contribution >= 4 is 0 Å². The van der Waals surface area contributed by atoms with Gasteiger partial charge in [-0.1, -0.05) is 239 Å². The summed E-state index contributed by atoms with van der Waals surface area (Å²) >= 11 is 0. The van der Waals surface area contributed by atoms with Crippen LogP contribution in [-0.4, -0.2) is 0 Å². The maximum absolute atomic E-state index is 13.3. The lowest BCUT2D eigenvalue weighted by molar-refractivity contribution is -0.138. The van der Waals surface area contributed by atoms with Gasteiger partial charge in [-0.15, -0.1) is 0 Å². The minimum atomic E-state index is -4.26. The number of rotatable bonds is 0. The number of benzene rings is 6. The van der Waals surface area contributed by atoms with Crippen LogP contribution in [0.2, 0.25) is 0 Å². The van der Waals surface area contributed by atoms with Gasteiger partial charge in [-0.05, 0) is 129 Å². The average Bonchev–Trinajstić information content (AvgIpc) is 3.20. The fourth-order valence-electron chi connectivity index (χ4n) is 7.63. The van der Waals surface area contributed by atoms with E-state index in [4.69, 9.17) is 0 Å². The molecule has 0 aliphatic rings. The summed E-state index contributed by atoms with van der Waals surface area (Å²) in [5.74, 6) is -1.13. The average molecular weight is 983 g/mol. The van der Waals surface area contributed by atoms with Crippen LogP contribution >= 0.6 is 0 Å². The molecule has 6 aromatic carbocycles. The molecule has 0 aliphatic heterocycles. The molecule has 0 aliphatic carbocycles. The minimum absolute atomic E-state index is 0.101. The van der Waals surface area contributed by atoms with Crippen molar-refractivity contribution in [3.05, 3.63) is 212 Å². The Morgan fingerprint density at radius 1 is 0.296 bits per heavy atom. The van der Waals surface area contributed by atoms with E-state index in [0.29, 0.717) is 16.5 Å². The number of aryl methyl sites for hydroxylation is 4. The molecule has 0 unspecified atom stereocenters. The van der Waals surface area contributed by atoms with Crippen molar-refractivity contribution < 1.29 is 26.3 Å². The molecule has 390 valence electrons. The third-order valence-electron chi connectivity index (χ3n) is 11.5. The van der Waals surface area contributed by atoms with Crippen LogP contribution < -0.4 is 0 Å². The maximum Gasteiger partial charge on any atom is 0.416 e. The first kappa shape index (κ1) is 63.9. The molecule has 0 N–H and O–H groups in total. The molecule has 6 rings (SSSR count). The second-order valence-electron chi connectivity index (χ2n) is 24.7. The Morgan fingerprint density at radius 2 is 0.690 bits per heavy atom. The Kier molecular flexibility index (Phi) is 23.4. The van der Waals surface area contributed by atoms with Gasteiger partial charge in [0, 0.05) is 6.07 Å². The molecule has 0 radical (unpaired) electrons. The van der Waals surface area contributed by atoms with Crippen molar-refractivity contribution in [3.63, 3.8) is 0 Å².